The second kappa shape index (κ2) is 9.85. The number of carbonyl (C=O) groups excluding carboxylic acids is 1. The highest BCUT2D eigenvalue weighted by atomic mass is 16.6. The van der Waals surface area contributed by atoms with Gasteiger partial charge in [0.05, 0.1) is 18.5 Å². The van der Waals surface area contributed by atoms with E-state index in [4.69, 9.17) is 9.47 Å². The molecule has 2 aromatic carbocycles. The summed E-state index contributed by atoms with van der Waals surface area (Å²) in [5.41, 5.74) is 2.25. The quantitative estimate of drug-likeness (QED) is 0.584. The average molecular weight is 435 g/mol. The number of hydrogen-bond donors (Lipinski definition) is 1. The van der Waals surface area contributed by atoms with Crippen LogP contribution in [-0.2, 0) is 17.8 Å². The van der Waals surface area contributed by atoms with Gasteiger partial charge in [0, 0.05) is 0 Å². The van der Waals surface area contributed by atoms with Gasteiger partial charge >= 0.3 is 0 Å². The summed E-state index contributed by atoms with van der Waals surface area (Å²) in [6.07, 6.45) is 1.64. The van der Waals surface area contributed by atoms with Crippen molar-refractivity contribution in [3.8, 4) is 11.5 Å². The molecule has 0 spiro atoms. The Labute approximate surface area is 188 Å². The lowest BCUT2D eigenvalue weighted by molar-refractivity contribution is -0.125. The summed E-state index contributed by atoms with van der Waals surface area (Å²) < 4.78 is 13.2. The van der Waals surface area contributed by atoms with Crippen LogP contribution in [0.15, 0.2) is 48.5 Å². The van der Waals surface area contributed by atoms with E-state index >= 15 is 0 Å². The van der Waals surface area contributed by atoms with Crippen molar-refractivity contribution >= 4 is 5.91 Å². The first-order chi connectivity index (χ1) is 15.5. The molecule has 0 fully saturated rings. The predicted molar refractivity (Wildman–Crippen MR) is 122 cm³/mol. The third-order valence-electron chi connectivity index (χ3n) is 5.71. The van der Waals surface area contributed by atoms with E-state index in [2.05, 4.69) is 27.5 Å². The zero-order chi connectivity index (χ0) is 22.5. The SMILES string of the molecule is Cc1nc(C)n(C[C@@H](C)C(=O)N[C@@H](CCc2ccccc2)c2ccc3c(c2)OCCO3)n1. The Morgan fingerprint density at radius 2 is 1.84 bits per heavy atom. The van der Waals surface area contributed by atoms with E-state index in [1.54, 1.807) is 4.68 Å². The minimum absolute atomic E-state index is 0.00879. The van der Waals surface area contributed by atoms with E-state index < -0.39 is 0 Å². The molecule has 7 nitrogen and oxygen atoms in total. The molecule has 2 heterocycles. The van der Waals surface area contributed by atoms with Crippen LogP contribution in [0.2, 0.25) is 0 Å². The van der Waals surface area contributed by atoms with Crippen LogP contribution in [0.5, 0.6) is 11.5 Å². The van der Waals surface area contributed by atoms with Gasteiger partial charge in [0.25, 0.3) is 0 Å². The monoisotopic (exact) mass is 434 g/mol. The molecule has 1 aromatic heterocycles. The molecule has 4 rings (SSSR count). The Kier molecular flexibility index (Phi) is 6.73. The lowest BCUT2D eigenvalue weighted by Gasteiger charge is -2.24. The average Bonchev–Trinajstić information content (AvgIpc) is 3.13. The molecule has 1 N–H and O–H groups in total. The van der Waals surface area contributed by atoms with Crippen molar-refractivity contribution < 1.29 is 14.3 Å². The Balaban J connectivity index is 1.50. The van der Waals surface area contributed by atoms with Gasteiger partial charge in [-0.05, 0) is 49.9 Å². The number of ether oxygens (including phenoxy) is 2. The predicted octanol–water partition coefficient (Wildman–Crippen LogP) is 3.79. The molecule has 1 amide bonds. The fraction of sp³-hybridized carbons (Fsp3) is 0.400. The van der Waals surface area contributed by atoms with E-state index in [0.29, 0.717) is 25.6 Å². The summed E-state index contributed by atoms with van der Waals surface area (Å²) in [4.78, 5) is 17.5. The van der Waals surface area contributed by atoms with Crippen molar-refractivity contribution in [3.05, 3.63) is 71.3 Å². The first kappa shape index (κ1) is 21.9. The summed E-state index contributed by atoms with van der Waals surface area (Å²) in [6.45, 7) is 7.26. The Morgan fingerprint density at radius 1 is 1.09 bits per heavy atom. The second-order valence-electron chi connectivity index (χ2n) is 8.28. The molecule has 2 atom stereocenters. The lowest BCUT2D eigenvalue weighted by Crippen LogP contribution is -2.35. The van der Waals surface area contributed by atoms with Crippen molar-refractivity contribution in [1.29, 1.82) is 0 Å². The van der Waals surface area contributed by atoms with Crippen LogP contribution in [0.4, 0.5) is 0 Å². The van der Waals surface area contributed by atoms with Crippen molar-refractivity contribution in [2.24, 2.45) is 5.92 Å². The standard InChI is InChI=1S/C25H30N4O3/c1-17(16-29-19(3)26-18(2)28-29)25(30)27-22(11-9-20-7-5-4-6-8-20)21-10-12-23-24(15-21)32-14-13-31-23/h4-8,10,12,15,17,22H,9,11,13-14,16H2,1-3H3,(H,27,30)/t17-,22+/m1/s1. The van der Waals surface area contributed by atoms with Crippen LogP contribution in [0.1, 0.15) is 42.2 Å². The van der Waals surface area contributed by atoms with Crippen LogP contribution >= 0.6 is 0 Å². The zero-order valence-electron chi connectivity index (χ0n) is 18.9. The third kappa shape index (κ3) is 5.28. The molecule has 0 unspecified atom stereocenters. The number of amides is 1. The van der Waals surface area contributed by atoms with Crippen molar-refractivity contribution in [3.63, 3.8) is 0 Å². The van der Waals surface area contributed by atoms with E-state index in [9.17, 15) is 4.79 Å². The number of rotatable bonds is 8. The molecule has 0 aliphatic carbocycles. The van der Waals surface area contributed by atoms with Crippen LogP contribution in [-0.4, -0.2) is 33.9 Å². The Morgan fingerprint density at radius 3 is 2.56 bits per heavy atom. The molecule has 7 heteroatoms. The van der Waals surface area contributed by atoms with Gasteiger partial charge in [0.2, 0.25) is 5.91 Å². The molecule has 1 aliphatic rings. The topological polar surface area (TPSA) is 78.3 Å². The van der Waals surface area contributed by atoms with Crippen molar-refractivity contribution in [2.75, 3.05) is 13.2 Å². The fourth-order valence-electron chi connectivity index (χ4n) is 3.95. The first-order valence-electron chi connectivity index (χ1n) is 11.1. The van der Waals surface area contributed by atoms with Crippen molar-refractivity contribution in [1.82, 2.24) is 20.1 Å². The highest BCUT2D eigenvalue weighted by Gasteiger charge is 2.22. The largest absolute Gasteiger partial charge is 0.486 e. The van der Waals surface area contributed by atoms with Gasteiger partial charge in [0.15, 0.2) is 11.5 Å². The molecule has 1 aliphatic heterocycles. The Bertz CT molecular complexity index is 1060. The highest BCUT2D eigenvalue weighted by Crippen LogP contribution is 2.33. The number of benzene rings is 2. The van der Waals surface area contributed by atoms with E-state index in [1.165, 1.54) is 5.56 Å². The van der Waals surface area contributed by atoms with E-state index in [1.807, 2.05) is 57.2 Å². The molecule has 168 valence electrons. The summed E-state index contributed by atoms with van der Waals surface area (Å²) in [7, 11) is 0. The summed E-state index contributed by atoms with van der Waals surface area (Å²) in [5.74, 6) is 2.76. The fourth-order valence-corrected chi connectivity index (χ4v) is 3.95. The second-order valence-corrected chi connectivity index (χ2v) is 8.28. The number of hydrogen-bond acceptors (Lipinski definition) is 5. The normalized spacial score (nSPS) is 14.6. The van der Waals surface area contributed by atoms with Gasteiger partial charge in [-0.25, -0.2) is 9.67 Å². The first-order valence-corrected chi connectivity index (χ1v) is 11.1. The van der Waals surface area contributed by atoms with Gasteiger partial charge in [-0.1, -0.05) is 43.3 Å². The highest BCUT2D eigenvalue weighted by molar-refractivity contribution is 5.78. The van der Waals surface area contributed by atoms with Gasteiger partial charge in [-0.15, -0.1) is 0 Å². The van der Waals surface area contributed by atoms with Crippen LogP contribution in [0.3, 0.4) is 0 Å². The van der Waals surface area contributed by atoms with Gasteiger partial charge in [-0.2, -0.15) is 5.10 Å². The minimum atomic E-state index is -0.244. The number of fused-ring (bicyclic) bond motifs is 1. The maximum absolute atomic E-state index is 13.1. The van der Waals surface area contributed by atoms with Crippen LogP contribution < -0.4 is 14.8 Å². The van der Waals surface area contributed by atoms with Gasteiger partial charge in [-0.3, -0.25) is 4.79 Å². The number of nitrogens with zero attached hydrogens (tertiary/aromatic N) is 3. The smallest absolute Gasteiger partial charge is 0.225 e. The molecular weight excluding hydrogens is 404 g/mol. The van der Waals surface area contributed by atoms with Crippen LogP contribution in [0.25, 0.3) is 0 Å². The minimum Gasteiger partial charge on any atom is -0.486 e. The van der Waals surface area contributed by atoms with Crippen molar-refractivity contribution in [2.45, 2.75) is 46.2 Å². The third-order valence-corrected chi connectivity index (χ3v) is 5.71. The molecule has 3 aromatic rings. The zero-order valence-corrected chi connectivity index (χ0v) is 18.9. The van der Waals surface area contributed by atoms with Gasteiger partial charge < -0.3 is 14.8 Å². The maximum Gasteiger partial charge on any atom is 0.225 e. The number of aromatic nitrogens is 3. The van der Waals surface area contributed by atoms with Gasteiger partial charge in [0.1, 0.15) is 24.9 Å². The summed E-state index contributed by atoms with van der Waals surface area (Å²) in [6, 6.07) is 16.1. The van der Waals surface area contributed by atoms with E-state index in [0.717, 1.165) is 35.7 Å². The summed E-state index contributed by atoms with van der Waals surface area (Å²) in [5, 5.41) is 7.65. The molecule has 0 bridgehead atoms. The molecule has 0 radical (unpaired) electrons. The number of nitrogens with one attached hydrogen (secondary N) is 1. The number of aryl methyl sites for hydroxylation is 3. The number of carbonyl (C=O) groups is 1. The molecule has 0 saturated carbocycles. The molecular formula is C25H30N4O3. The lowest BCUT2D eigenvalue weighted by atomic mass is 9.97. The van der Waals surface area contributed by atoms with Crippen LogP contribution in [0, 0.1) is 19.8 Å². The maximum atomic E-state index is 13.1. The Hall–Kier alpha value is -3.35. The molecule has 32 heavy (non-hydrogen) atoms. The van der Waals surface area contributed by atoms with E-state index in [-0.39, 0.29) is 17.9 Å². The summed E-state index contributed by atoms with van der Waals surface area (Å²) >= 11 is 0. The molecule has 0 saturated heterocycles.